The van der Waals surface area contributed by atoms with Gasteiger partial charge in [0, 0.05) is 19.0 Å². The fraction of sp³-hybridized carbons (Fsp3) is 0.250. The molecular weight excluding hydrogens is 224 g/mol. The molecule has 0 aliphatic carbocycles. The molecule has 0 bridgehead atoms. The van der Waals surface area contributed by atoms with E-state index in [2.05, 4.69) is 4.98 Å². The van der Waals surface area contributed by atoms with Crippen molar-refractivity contribution in [2.45, 2.75) is 13.3 Å². The number of hydrogen-bond acceptors (Lipinski definition) is 2. The van der Waals surface area contributed by atoms with Gasteiger partial charge < -0.3 is 10.3 Å². The summed E-state index contributed by atoms with van der Waals surface area (Å²) in [6, 6.07) is 3.97. The van der Waals surface area contributed by atoms with E-state index in [1.165, 1.54) is 12.1 Å². The summed E-state index contributed by atoms with van der Waals surface area (Å²) in [5.74, 6) is -0.738. The Labute approximate surface area is 97.9 Å². The maximum atomic E-state index is 13.6. The first kappa shape index (κ1) is 11.6. The van der Waals surface area contributed by atoms with Gasteiger partial charge in [-0.1, -0.05) is 13.0 Å². The van der Waals surface area contributed by atoms with Gasteiger partial charge in [-0.25, -0.2) is 13.8 Å². The van der Waals surface area contributed by atoms with E-state index in [0.29, 0.717) is 17.9 Å². The number of anilines is 1. The van der Waals surface area contributed by atoms with Crippen molar-refractivity contribution < 1.29 is 8.78 Å². The number of nitrogen functional groups attached to an aromatic ring is 1. The summed E-state index contributed by atoms with van der Waals surface area (Å²) in [5, 5.41) is 0. The number of nitrogens with two attached hydrogens (primary N) is 1. The highest BCUT2D eigenvalue weighted by Crippen LogP contribution is 2.28. The summed E-state index contributed by atoms with van der Waals surface area (Å²) in [5.41, 5.74) is 6.23. The largest absolute Gasteiger partial charge is 0.383 e. The van der Waals surface area contributed by atoms with Gasteiger partial charge in [-0.2, -0.15) is 0 Å². The number of rotatable bonds is 2. The molecule has 5 heteroatoms. The molecule has 0 amide bonds. The van der Waals surface area contributed by atoms with E-state index < -0.39 is 11.6 Å². The second-order valence-electron chi connectivity index (χ2n) is 3.78. The second kappa shape index (κ2) is 4.16. The Kier molecular flexibility index (Phi) is 2.83. The van der Waals surface area contributed by atoms with Crippen molar-refractivity contribution in [1.82, 2.24) is 9.55 Å². The van der Waals surface area contributed by atoms with Crippen LogP contribution in [-0.2, 0) is 13.5 Å². The number of halogens is 2. The number of benzene rings is 1. The molecule has 2 rings (SSSR count). The first-order chi connectivity index (χ1) is 8.06. The van der Waals surface area contributed by atoms with Gasteiger partial charge in [0.25, 0.3) is 0 Å². The normalized spacial score (nSPS) is 10.8. The van der Waals surface area contributed by atoms with Crippen LogP contribution in [0.1, 0.15) is 12.7 Å². The van der Waals surface area contributed by atoms with Crippen LogP contribution in [0.3, 0.4) is 0 Å². The van der Waals surface area contributed by atoms with Gasteiger partial charge in [-0.3, -0.25) is 0 Å². The third-order valence-electron chi connectivity index (χ3n) is 2.75. The van der Waals surface area contributed by atoms with E-state index in [1.54, 1.807) is 11.6 Å². The predicted molar refractivity (Wildman–Crippen MR) is 62.4 cm³/mol. The van der Waals surface area contributed by atoms with Crippen LogP contribution in [0.25, 0.3) is 11.3 Å². The van der Waals surface area contributed by atoms with E-state index in [1.807, 2.05) is 6.92 Å². The molecule has 0 radical (unpaired) electrons. The van der Waals surface area contributed by atoms with Gasteiger partial charge in [0.15, 0.2) is 11.6 Å². The lowest BCUT2D eigenvalue weighted by atomic mass is 10.1. The summed E-state index contributed by atoms with van der Waals surface area (Å²) >= 11 is 0. The van der Waals surface area contributed by atoms with Crippen molar-refractivity contribution >= 4 is 5.82 Å². The number of nitrogens with zero attached hydrogens (tertiary/aromatic N) is 2. The molecule has 0 atom stereocenters. The molecule has 1 heterocycles. The average molecular weight is 237 g/mol. The quantitative estimate of drug-likeness (QED) is 0.872. The fourth-order valence-electron chi connectivity index (χ4n) is 1.76. The highest BCUT2D eigenvalue weighted by molar-refractivity contribution is 5.71. The Bertz CT molecular complexity index is 561. The van der Waals surface area contributed by atoms with E-state index in [0.717, 1.165) is 11.9 Å². The third-order valence-corrected chi connectivity index (χ3v) is 2.75. The van der Waals surface area contributed by atoms with Crippen molar-refractivity contribution in [2.24, 2.45) is 7.05 Å². The SMILES string of the molecule is CCc1nc(-c2cccc(F)c2F)c(N)n1C. The van der Waals surface area contributed by atoms with E-state index in [4.69, 9.17) is 5.73 Å². The van der Waals surface area contributed by atoms with Crippen LogP contribution in [0.15, 0.2) is 18.2 Å². The number of hydrogen-bond donors (Lipinski definition) is 1. The Hall–Kier alpha value is -1.91. The van der Waals surface area contributed by atoms with Crippen LogP contribution in [0.5, 0.6) is 0 Å². The molecule has 90 valence electrons. The Balaban J connectivity index is 2.65. The van der Waals surface area contributed by atoms with Gasteiger partial charge in [0.1, 0.15) is 17.3 Å². The van der Waals surface area contributed by atoms with Crippen LogP contribution < -0.4 is 5.73 Å². The zero-order valence-electron chi connectivity index (χ0n) is 9.67. The minimum absolute atomic E-state index is 0.0952. The minimum atomic E-state index is -0.917. The first-order valence-corrected chi connectivity index (χ1v) is 5.31. The monoisotopic (exact) mass is 237 g/mol. The highest BCUT2D eigenvalue weighted by atomic mass is 19.2. The topological polar surface area (TPSA) is 43.8 Å². The van der Waals surface area contributed by atoms with Crippen molar-refractivity contribution in [3.63, 3.8) is 0 Å². The molecule has 2 N–H and O–H groups in total. The maximum Gasteiger partial charge on any atom is 0.168 e. The van der Waals surface area contributed by atoms with Crippen LogP contribution in [0, 0.1) is 11.6 Å². The smallest absolute Gasteiger partial charge is 0.168 e. The molecule has 17 heavy (non-hydrogen) atoms. The van der Waals surface area contributed by atoms with Crippen LogP contribution in [0.4, 0.5) is 14.6 Å². The third kappa shape index (κ3) is 1.77. The van der Waals surface area contributed by atoms with Crippen LogP contribution in [0.2, 0.25) is 0 Å². The standard InChI is InChI=1S/C12H13F2N3/c1-3-9-16-11(12(15)17(9)2)7-5-4-6-8(13)10(7)14/h4-6H,3,15H2,1-2H3. The van der Waals surface area contributed by atoms with Crippen molar-refractivity contribution in [2.75, 3.05) is 5.73 Å². The zero-order valence-corrected chi connectivity index (χ0v) is 9.67. The molecule has 0 unspecified atom stereocenters. The molecule has 1 aromatic heterocycles. The Morgan fingerprint density at radius 3 is 2.65 bits per heavy atom. The Morgan fingerprint density at radius 1 is 1.35 bits per heavy atom. The summed E-state index contributed by atoms with van der Waals surface area (Å²) in [4.78, 5) is 4.23. The predicted octanol–water partition coefficient (Wildman–Crippen LogP) is 2.51. The summed E-state index contributed by atoms with van der Waals surface area (Å²) < 4.78 is 28.4. The molecule has 0 fully saturated rings. The minimum Gasteiger partial charge on any atom is -0.383 e. The molecule has 1 aromatic carbocycles. The fourth-order valence-corrected chi connectivity index (χ4v) is 1.76. The summed E-state index contributed by atoms with van der Waals surface area (Å²) in [7, 11) is 1.75. The second-order valence-corrected chi connectivity index (χ2v) is 3.78. The maximum absolute atomic E-state index is 13.6. The number of imidazole rings is 1. The van der Waals surface area contributed by atoms with Crippen LogP contribution in [-0.4, -0.2) is 9.55 Å². The average Bonchev–Trinajstić information content (AvgIpc) is 2.60. The molecule has 0 saturated heterocycles. The van der Waals surface area contributed by atoms with Gasteiger partial charge in [-0.15, -0.1) is 0 Å². The zero-order chi connectivity index (χ0) is 12.6. The summed E-state index contributed by atoms with van der Waals surface area (Å²) in [6.07, 6.45) is 0.678. The molecule has 0 aliphatic heterocycles. The molecule has 0 aliphatic rings. The van der Waals surface area contributed by atoms with Gasteiger partial charge in [0.05, 0.1) is 0 Å². The molecule has 3 nitrogen and oxygen atoms in total. The summed E-state index contributed by atoms with van der Waals surface area (Å²) in [6.45, 7) is 1.92. The van der Waals surface area contributed by atoms with Gasteiger partial charge in [0.2, 0.25) is 0 Å². The number of aryl methyl sites for hydroxylation is 1. The molecule has 0 spiro atoms. The van der Waals surface area contributed by atoms with Gasteiger partial charge in [-0.05, 0) is 12.1 Å². The van der Waals surface area contributed by atoms with Crippen molar-refractivity contribution in [1.29, 1.82) is 0 Å². The van der Waals surface area contributed by atoms with Gasteiger partial charge >= 0.3 is 0 Å². The lowest BCUT2D eigenvalue weighted by Crippen LogP contribution is -2.00. The van der Waals surface area contributed by atoms with E-state index in [-0.39, 0.29) is 5.56 Å². The lowest BCUT2D eigenvalue weighted by Gasteiger charge is -2.02. The molecule has 0 saturated carbocycles. The first-order valence-electron chi connectivity index (χ1n) is 5.31. The highest BCUT2D eigenvalue weighted by Gasteiger charge is 2.17. The van der Waals surface area contributed by atoms with Crippen molar-refractivity contribution in [3.05, 3.63) is 35.7 Å². The molecular formula is C12H13F2N3. The number of aromatic nitrogens is 2. The molecule has 2 aromatic rings. The van der Waals surface area contributed by atoms with Crippen molar-refractivity contribution in [3.8, 4) is 11.3 Å². The van der Waals surface area contributed by atoms with E-state index in [9.17, 15) is 8.78 Å². The van der Waals surface area contributed by atoms with Crippen LogP contribution >= 0.6 is 0 Å². The Morgan fingerprint density at radius 2 is 2.06 bits per heavy atom. The lowest BCUT2D eigenvalue weighted by molar-refractivity contribution is 0.511. The van der Waals surface area contributed by atoms with E-state index >= 15 is 0 Å².